The average molecular weight is 372 g/mol. The second kappa shape index (κ2) is 8.80. The Labute approximate surface area is 158 Å². The van der Waals surface area contributed by atoms with Gasteiger partial charge in [-0.15, -0.1) is 11.3 Å². The largest absolute Gasteiger partial charge is 0.356 e. The molecule has 6 nitrogen and oxygen atoms in total. The molecule has 7 heteroatoms. The summed E-state index contributed by atoms with van der Waals surface area (Å²) in [6.45, 7) is 3.53. The first-order valence-corrected chi connectivity index (χ1v) is 9.83. The number of para-hydroxylation sites is 1. The summed E-state index contributed by atoms with van der Waals surface area (Å²) >= 11 is 1.71. The molecule has 1 aromatic heterocycles. The normalized spacial score (nSPS) is 17.6. The summed E-state index contributed by atoms with van der Waals surface area (Å²) in [5, 5.41) is 9.96. The molecular weight excluding hydrogens is 346 g/mol. The fraction of sp³-hybridized carbons (Fsp3) is 0.421. The molecule has 1 atom stereocenters. The molecule has 1 amide bonds. The predicted octanol–water partition coefficient (Wildman–Crippen LogP) is 2.22. The van der Waals surface area contributed by atoms with Crippen LogP contribution < -0.4 is 15.5 Å². The number of aryl methyl sites for hydroxylation is 1. The predicted molar refractivity (Wildman–Crippen MR) is 107 cm³/mol. The summed E-state index contributed by atoms with van der Waals surface area (Å²) in [5.41, 5.74) is 2.06. The van der Waals surface area contributed by atoms with E-state index in [1.54, 1.807) is 18.4 Å². The number of aliphatic imine (C=N–C) groups is 1. The van der Waals surface area contributed by atoms with Gasteiger partial charge in [0.05, 0.1) is 16.7 Å². The Kier molecular flexibility index (Phi) is 6.22. The molecule has 1 saturated heterocycles. The Morgan fingerprint density at radius 2 is 2.19 bits per heavy atom. The summed E-state index contributed by atoms with van der Waals surface area (Å²) in [5.74, 6) is 0.863. The van der Waals surface area contributed by atoms with Crippen LogP contribution >= 0.6 is 11.3 Å². The lowest BCUT2D eigenvalue weighted by Crippen LogP contribution is -2.45. The van der Waals surface area contributed by atoms with Crippen LogP contribution in [0.15, 0.2) is 40.7 Å². The molecule has 26 heavy (non-hydrogen) atoms. The average Bonchev–Trinajstić information content (AvgIpc) is 3.27. The Bertz CT molecular complexity index is 758. The Balaban J connectivity index is 1.48. The molecule has 0 saturated carbocycles. The fourth-order valence-electron chi connectivity index (χ4n) is 2.98. The fourth-order valence-corrected chi connectivity index (χ4v) is 3.76. The Morgan fingerprint density at radius 3 is 2.88 bits per heavy atom. The number of hydrogen-bond donors (Lipinski definition) is 2. The zero-order valence-corrected chi connectivity index (χ0v) is 16.1. The maximum atomic E-state index is 12.3. The molecule has 2 heterocycles. The van der Waals surface area contributed by atoms with Crippen molar-refractivity contribution in [1.82, 2.24) is 15.6 Å². The van der Waals surface area contributed by atoms with Gasteiger partial charge < -0.3 is 15.5 Å². The lowest BCUT2D eigenvalue weighted by atomic mass is 10.2. The highest BCUT2D eigenvalue weighted by Gasteiger charge is 2.30. The summed E-state index contributed by atoms with van der Waals surface area (Å²) in [6.07, 6.45) is 2.31. The second-order valence-electron chi connectivity index (χ2n) is 6.22. The number of nitrogens with one attached hydrogen (secondary N) is 2. The maximum absolute atomic E-state index is 12.3. The van der Waals surface area contributed by atoms with Gasteiger partial charge in [-0.3, -0.25) is 9.79 Å². The first-order valence-electron chi connectivity index (χ1n) is 8.95. The van der Waals surface area contributed by atoms with Crippen LogP contribution in [0.5, 0.6) is 0 Å². The zero-order chi connectivity index (χ0) is 18.4. The van der Waals surface area contributed by atoms with Crippen molar-refractivity contribution in [1.29, 1.82) is 0 Å². The van der Waals surface area contributed by atoms with Crippen LogP contribution in [0, 0.1) is 0 Å². The lowest BCUT2D eigenvalue weighted by molar-refractivity contribution is -0.117. The number of guanidine groups is 1. The van der Waals surface area contributed by atoms with E-state index in [2.05, 4.69) is 32.9 Å². The van der Waals surface area contributed by atoms with Crippen molar-refractivity contribution in [3.8, 4) is 0 Å². The van der Waals surface area contributed by atoms with Crippen molar-refractivity contribution in [2.24, 2.45) is 4.99 Å². The van der Waals surface area contributed by atoms with Crippen molar-refractivity contribution < 1.29 is 4.79 Å². The number of thiazole rings is 1. The van der Waals surface area contributed by atoms with E-state index in [1.165, 1.54) is 5.01 Å². The van der Waals surface area contributed by atoms with Crippen LogP contribution in [-0.2, 0) is 17.6 Å². The van der Waals surface area contributed by atoms with Crippen LogP contribution in [0.2, 0.25) is 0 Å². The van der Waals surface area contributed by atoms with E-state index in [-0.39, 0.29) is 11.9 Å². The third-order valence-electron chi connectivity index (χ3n) is 4.33. The monoisotopic (exact) mass is 371 g/mol. The van der Waals surface area contributed by atoms with Gasteiger partial charge in [-0.2, -0.15) is 0 Å². The second-order valence-corrected chi connectivity index (χ2v) is 7.16. The van der Waals surface area contributed by atoms with E-state index < -0.39 is 0 Å². The van der Waals surface area contributed by atoms with E-state index in [4.69, 9.17) is 0 Å². The number of amides is 1. The van der Waals surface area contributed by atoms with Crippen LogP contribution in [-0.4, -0.2) is 43.0 Å². The summed E-state index contributed by atoms with van der Waals surface area (Å²) in [4.78, 5) is 23.0. The van der Waals surface area contributed by atoms with E-state index in [1.807, 2.05) is 35.2 Å². The van der Waals surface area contributed by atoms with Gasteiger partial charge >= 0.3 is 0 Å². The number of carbonyl (C=O) groups excluding carboxylic acids is 1. The molecule has 1 unspecified atom stereocenters. The van der Waals surface area contributed by atoms with Crippen LogP contribution in [0.25, 0.3) is 0 Å². The van der Waals surface area contributed by atoms with Gasteiger partial charge in [0.25, 0.3) is 0 Å². The first kappa shape index (κ1) is 18.4. The minimum Gasteiger partial charge on any atom is -0.356 e. The van der Waals surface area contributed by atoms with E-state index in [0.717, 1.165) is 36.7 Å². The molecule has 0 spiro atoms. The molecule has 0 bridgehead atoms. The lowest BCUT2D eigenvalue weighted by Gasteiger charge is -2.19. The topological polar surface area (TPSA) is 69.6 Å². The van der Waals surface area contributed by atoms with Gasteiger partial charge in [0.15, 0.2) is 5.96 Å². The SMILES string of the molecule is CCc1nc(CCNC(=NC)NC2CC(=O)N(c3ccccc3)C2)cs1. The highest BCUT2D eigenvalue weighted by molar-refractivity contribution is 7.09. The Morgan fingerprint density at radius 1 is 1.38 bits per heavy atom. The Hall–Kier alpha value is -2.41. The standard InChI is InChI=1S/C19H25N5OS/c1-3-17-22-14(13-26-17)9-10-21-19(20-2)23-15-11-18(25)24(12-15)16-7-5-4-6-8-16/h4-8,13,15H,3,9-12H2,1-2H3,(H2,20,21,23). The van der Waals surface area contributed by atoms with E-state index >= 15 is 0 Å². The van der Waals surface area contributed by atoms with Crippen molar-refractivity contribution in [3.63, 3.8) is 0 Å². The third kappa shape index (κ3) is 4.60. The van der Waals surface area contributed by atoms with Gasteiger partial charge in [-0.05, 0) is 18.6 Å². The number of hydrogen-bond acceptors (Lipinski definition) is 4. The molecule has 1 aliphatic heterocycles. The van der Waals surface area contributed by atoms with Gasteiger partial charge in [0.2, 0.25) is 5.91 Å². The number of carbonyl (C=O) groups is 1. The molecule has 0 radical (unpaired) electrons. The van der Waals surface area contributed by atoms with E-state index in [9.17, 15) is 4.79 Å². The zero-order valence-electron chi connectivity index (χ0n) is 15.2. The molecule has 0 aliphatic carbocycles. The van der Waals surface area contributed by atoms with Gasteiger partial charge in [0.1, 0.15) is 0 Å². The summed E-state index contributed by atoms with van der Waals surface area (Å²) < 4.78 is 0. The number of anilines is 1. The van der Waals surface area contributed by atoms with Gasteiger partial charge in [-0.25, -0.2) is 4.98 Å². The molecule has 2 N–H and O–H groups in total. The van der Waals surface area contributed by atoms with Crippen LogP contribution in [0.3, 0.4) is 0 Å². The van der Waals surface area contributed by atoms with Crippen LogP contribution in [0.4, 0.5) is 5.69 Å². The highest BCUT2D eigenvalue weighted by Crippen LogP contribution is 2.20. The molecule has 1 aromatic carbocycles. The smallest absolute Gasteiger partial charge is 0.229 e. The minimum absolute atomic E-state index is 0.0554. The van der Waals surface area contributed by atoms with Gasteiger partial charge in [0, 0.05) is 44.0 Å². The molecule has 2 aromatic rings. The number of benzene rings is 1. The molecule has 3 rings (SSSR count). The number of nitrogens with zero attached hydrogens (tertiary/aromatic N) is 3. The summed E-state index contributed by atoms with van der Waals surface area (Å²) in [7, 11) is 1.75. The quantitative estimate of drug-likeness (QED) is 0.603. The van der Waals surface area contributed by atoms with Crippen molar-refractivity contribution in [2.75, 3.05) is 25.0 Å². The number of rotatable bonds is 6. The highest BCUT2D eigenvalue weighted by atomic mass is 32.1. The molecule has 138 valence electrons. The molecule has 1 fully saturated rings. The summed E-state index contributed by atoms with van der Waals surface area (Å²) in [6, 6.07) is 9.84. The van der Waals surface area contributed by atoms with Gasteiger partial charge in [-0.1, -0.05) is 25.1 Å². The van der Waals surface area contributed by atoms with Crippen molar-refractivity contribution in [3.05, 3.63) is 46.4 Å². The molecule has 1 aliphatic rings. The van der Waals surface area contributed by atoms with Crippen molar-refractivity contribution in [2.45, 2.75) is 32.2 Å². The maximum Gasteiger partial charge on any atom is 0.229 e. The number of aromatic nitrogens is 1. The van der Waals surface area contributed by atoms with E-state index in [0.29, 0.717) is 13.0 Å². The first-order chi connectivity index (χ1) is 12.7. The van der Waals surface area contributed by atoms with Crippen molar-refractivity contribution >= 4 is 28.9 Å². The van der Waals surface area contributed by atoms with Crippen LogP contribution in [0.1, 0.15) is 24.0 Å². The third-order valence-corrected chi connectivity index (χ3v) is 5.37. The minimum atomic E-state index is 0.0554. The molecular formula is C19H25N5OS.